The van der Waals surface area contributed by atoms with Gasteiger partial charge >= 0.3 is 0 Å². The van der Waals surface area contributed by atoms with Crippen LogP contribution in [0.2, 0.25) is 0 Å². The summed E-state index contributed by atoms with van der Waals surface area (Å²) in [6, 6.07) is 0.701. The molecule has 0 aromatic carbocycles. The molecule has 4 nitrogen and oxygen atoms in total. The van der Waals surface area contributed by atoms with Crippen LogP contribution in [0, 0.1) is 0 Å². The molecule has 2 heterocycles. The lowest BCUT2D eigenvalue weighted by Crippen LogP contribution is -2.48. The molecule has 2 aliphatic rings. The molecule has 1 aromatic heterocycles. The van der Waals surface area contributed by atoms with Crippen LogP contribution < -0.4 is 0 Å². The van der Waals surface area contributed by atoms with Crippen molar-refractivity contribution in [3.8, 4) is 0 Å². The van der Waals surface area contributed by atoms with Crippen LogP contribution >= 0.6 is 11.3 Å². The van der Waals surface area contributed by atoms with E-state index in [-0.39, 0.29) is 18.2 Å². The molecule has 124 valence electrons. The molecular weight excluding hydrogens is 296 g/mol. The number of aliphatic hydroxyl groups is 1. The summed E-state index contributed by atoms with van der Waals surface area (Å²) in [5.74, 6) is 0. The zero-order valence-corrected chi connectivity index (χ0v) is 14.5. The first-order valence-electron chi connectivity index (χ1n) is 8.65. The minimum atomic E-state index is -0.188. The van der Waals surface area contributed by atoms with E-state index < -0.39 is 0 Å². The van der Waals surface area contributed by atoms with Crippen LogP contribution in [0.5, 0.6) is 0 Å². The molecule has 0 bridgehead atoms. The zero-order valence-electron chi connectivity index (χ0n) is 13.7. The molecule has 1 N–H and O–H groups in total. The first kappa shape index (κ1) is 16.4. The molecule has 1 aliphatic heterocycles. The number of hydrogen-bond donors (Lipinski definition) is 1. The Balaban J connectivity index is 1.68. The van der Waals surface area contributed by atoms with Gasteiger partial charge < -0.3 is 9.84 Å². The molecule has 1 saturated carbocycles. The topological polar surface area (TPSA) is 45.6 Å². The van der Waals surface area contributed by atoms with E-state index in [0.717, 1.165) is 56.0 Å². The minimum absolute atomic E-state index is 0.188. The lowest BCUT2D eigenvalue weighted by Gasteiger charge is -2.39. The number of hydrogen-bond acceptors (Lipinski definition) is 5. The highest BCUT2D eigenvalue weighted by molar-refractivity contribution is 7.09. The van der Waals surface area contributed by atoms with Crippen molar-refractivity contribution in [2.24, 2.45) is 0 Å². The minimum Gasteiger partial charge on any atom is -0.391 e. The summed E-state index contributed by atoms with van der Waals surface area (Å²) in [5.41, 5.74) is 1.13. The predicted molar refractivity (Wildman–Crippen MR) is 89.0 cm³/mol. The number of aliphatic hydroxyl groups excluding tert-OH is 1. The van der Waals surface area contributed by atoms with Crippen LogP contribution in [-0.2, 0) is 11.3 Å². The maximum absolute atomic E-state index is 10.4. The Morgan fingerprint density at radius 1 is 1.32 bits per heavy atom. The highest BCUT2D eigenvalue weighted by atomic mass is 32.1. The van der Waals surface area contributed by atoms with E-state index in [0.29, 0.717) is 6.04 Å². The average Bonchev–Trinajstić information content (AvgIpc) is 3.16. The zero-order chi connectivity index (χ0) is 15.5. The third-order valence-electron chi connectivity index (χ3n) is 4.90. The second-order valence-corrected chi connectivity index (χ2v) is 7.75. The maximum Gasteiger partial charge on any atom is 0.122 e. The summed E-state index contributed by atoms with van der Waals surface area (Å²) >= 11 is 1.72. The molecule has 0 unspecified atom stereocenters. The third kappa shape index (κ3) is 3.70. The van der Waals surface area contributed by atoms with Crippen molar-refractivity contribution in [1.82, 2.24) is 9.88 Å². The second-order valence-electron chi connectivity index (χ2n) is 6.86. The third-order valence-corrected chi connectivity index (χ3v) is 5.89. The molecule has 0 amide bonds. The van der Waals surface area contributed by atoms with Crippen LogP contribution in [0.3, 0.4) is 0 Å². The SMILES string of the molecule is CC(C)N(Cc1csc([C@@H]2CCCO2)n1)[C@@H]1CCCC[C@@H]1O. The van der Waals surface area contributed by atoms with Crippen LogP contribution in [0.15, 0.2) is 5.38 Å². The first-order valence-corrected chi connectivity index (χ1v) is 9.53. The van der Waals surface area contributed by atoms with Crippen molar-refractivity contribution in [2.75, 3.05) is 6.61 Å². The van der Waals surface area contributed by atoms with Crippen molar-refractivity contribution < 1.29 is 9.84 Å². The molecule has 3 atom stereocenters. The van der Waals surface area contributed by atoms with Crippen LogP contribution in [0.4, 0.5) is 0 Å². The fourth-order valence-corrected chi connectivity index (χ4v) is 4.56. The van der Waals surface area contributed by atoms with Crippen molar-refractivity contribution in [2.45, 2.75) is 83.2 Å². The van der Waals surface area contributed by atoms with Gasteiger partial charge in [-0.2, -0.15) is 0 Å². The van der Waals surface area contributed by atoms with Crippen molar-refractivity contribution in [3.63, 3.8) is 0 Å². The number of nitrogens with zero attached hydrogens (tertiary/aromatic N) is 2. The Labute approximate surface area is 137 Å². The van der Waals surface area contributed by atoms with Crippen LogP contribution in [-0.4, -0.2) is 39.8 Å². The van der Waals surface area contributed by atoms with Gasteiger partial charge in [0.25, 0.3) is 0 Å². The van der Waals surface area contributed by atoms with E-state index in [1.165, 1.54) is 6.42 Å². The average molecular weight is 324 g/mol. The molecular formula is C17H28N2O2S. The summed E-state index contributed by atoms with van der Waals surface area (Å²) < 4.78 is 5.73. The van der Waals surface area contributed by atoms with Gasteiger partial charge in [-0.1, -0.05) is 12.8 Å². The van der Waals surface area contributed by atoms with Crippen molar-refractivity contribution >= 4 is 11.3 Å². The van der Waals surface area contributed by atoms with Gasteiger partial charge in [-0.25, -0.2) is 4.98 Å². The molecule has 0 radical (unpaired) electrons. The largest absolute Gasteiger partial charge is 0.391 e. The summed E-state index contributed by atoms with van der Waals surface area (Å²) in [6.45, 7) is 6.14. The maximum atomic E-state index is 10.4. The fraction of sp³-hybridized carbons (Fsp3) is 0.824. The van der Waals surface area contributed by atoms with Gasteiger partial charge in [0.15, 0.2) is 0 Å². The summed E-state index contributed by atoms with van der Waals surface area (Å²) in [5, 5.41) is 13.7. The van der Waals surface area contributed by atoms with Crippen molar-refractivity contribution in [1.29, 1.82) is 0 Å². The molecule has 3 rings (SSSR count). The highest BCUT2D eigenvalue weighted by Gasteiger charge is 2.31. The van der Waals surface area contributed by atoms with Gasteiger partial charge in [0, 0.05) is 30.6 Å². The number of thiazole rings is 1. The molecule has 1 aliphatic carbocycles. The van der Waals surface area contributed by atoms with E-state index in [9.17, 15) is 5.11 Å². The quantitative estimate of drug-likeness (QED) is 0.900. The van der Waals surface area contributed by atoms with Gasteiger partial charge in [0.05, 0.1) is 11.8 Å². The first-order chi connectivity index (χ1) is 10.6. The molecule has 0 spiro atoms. The Morgan fingerprint density at radius 3 is 2.82 bits per heavy atom. The van der Waals surface area contributed by atoms with Gasteiger partial charge in [0.1, 0.15) is 11.1 Å². The normalized spacial score (nSPS) is 29.6. The van der Waals surface area contributed by atoms with Crippen LogP contribution in [0.1, 0.15) is 69.2 Å². The highest BCUT2D eigenvalue weighted by Crippen LogP contribution is 2.32. The lowest BCUT2D eigenvalue weighted by atomic mass is 9.90. The van der Waals surface area contributed by atoms with E-state index >= 15 is 0 Å². The smallest absolute Gasteiger partial charge is 0.122 e. The van der Waals surface area contributed by atoms with E-state index in [1.54, 1.807) is 11.3 Å². The van der Waals surface area contributed by atoms with Crippen molar-refractivity contribution in [3.05, 3.63) is 16.1 Å². The summed E-state index contributed by atoms with van der Waals surface area (Å²) in [4.78, 5) is 7.23. The Bertz CT molecular complexity index is 471. The van der Waals surface area contributed by atoms with E-state index in [1.807, 2.05) is 0 Å². The number of ether oxygens (including phenoxy) is 1. The summed E-state index contributed by atoms with van der Waals surface area (Å²) in [7, 11) is 0. The molecule has 1 saturated heterocycles. The molecule has 1 aromatic rings. The number of aromatic nitrogens is 1. The second kappa shape index (κ2) is 7.39. The van der Waals surface area contributed by atoms with E-state index in [2.05, 4.69) is 24.1 Å². The lowest BCUT2D eigenvalue weighted by molar-refractivity contribution is -0.000194. The van der Waals surface area contributed by atoms with Gasteiger partial charge in [-0.05, 0) is 39.5 Å². The van der Waals surface area contributed by atoms with Gasteiger partial charge in [-0.15, -0.1) is 11.3 Å². The van der Waals surface area contributed by atoms with Crippen LogP contribution in [0.25, 0.3) is 0 Å². The Hall–Kier alpha value is -0.490. The Kier molecular flexibility index (Phi) is 5.50. The van der Waals surface area contributed by atoms with E-state index in [4.69, 9.17) is 9.72 Å². The molecule has 22 heavy (non-hydrogen) atoms. The molecule has 2 fully saturated rings. The van der Waals surface area contributed by atoms with Gasteiger partial charge in [0.2, 0.25) is 0 Å². The monoisotopic (exact) mass is 324 g/mol. The Morgan fingerprint density at radius 2 is 2.14 bits per heavy atom. The number of rotatable bonds is 5. The summed E-state index contributed by atoms with van der Waals surface area (Å²) in [6.07, 6.45) is 6.69. The molecule has 5 heteroatoms. The predicted octanol–water partition coefficient (Wildman–Crippen LogP) is 3.51. The standard InChI is InChI=1S/C17H28N2O2S/c1-12(2)19(14-6-3-4-7-15(14)20)10-13-11-22-17(18-13)16-8-5-9-21-16/h11-12,14-16,20H,3-10H2,1-2H3/t14-,15+,16+/m1/s1. The van der Waals surface area contributed by atoms with Gasteiger partial charge in [-0.3, -0.25) is 4.90 Å². The fourth-order valence-electron chi connectivity index (χ4n) is 3.66.